The molecule has 6 nitrogen and oxygen atoms in total. The summed E-state index contributed by atoms with van der Waals surface area (Å²) < 4.78 is 0. The van der Waals surface area contributed by atoms with Crippen LogP contribution in [-0.2, 0) is 0 Å². The fraction of sp³-hybridized carbons (Fsp3) is 0.111. The number of pyridine rings is 1. The van der Waals surface area contributed by atoms with Gasteiger partial charge in [0.05, 0.1) is 0 Å². The molecule has 0 spiro atoms. The second-order valence-corrected chi connectivity index (χ2v) is 3.95. The first-order chi connectivity index (χ1) is 7.65. The molecule has 82 valence electrons. The second kappa shape index (κ2) is 4.23. The zero-order valence-corrected chi connectivity index (χ0v) is 9.28. The molecule has 0 saturated carbocycles. The largest absolute Gasteiger partial charge is 0.384 e. The highest BCUT2D eigenvalue weighted by Crippen LogP contribution is 2.12. The SMILES string of the molecule is Cc1cc(C(=O)Nc2nncs2)cc(N)n1. The molecule has 0 bridgehead atoms. The van der Waals surface area contributed by atoms with Crippen molar-refractivity contribution in [3.8, 4) is 0 Å². The molecule has 0 unspecified atom stereocenters. The highest BCUT2D eigenvalue weighted by molar-refractivity contribution is 7.13. The monoisotopic (exact) mass is 235 g/mol. The average molecular weight is 235 g/mol. The van der Waals surface area contributed by atoms with Crippen molar-refractivity contribution in [2.75, 3.05) is 11.1 Å². The molecule has 0 saturated heterocycles. The summed E-state index contributed by atoms with van der Waals surface area (Å²) in [5.41, 5.74) is 8.25. The van der Waals surface area contributed by atoms with Crippen LogP contribution in [0.25, 0.3) is 0 Å². The van der Waals surface area contributed by atoms with Crippen LogP contribution in [0.4, 0.5) is 10.9 Å². The van der Waals surface area contributed by atoms with E-state index >= 15 is 0 Å². The van der Waals surface area contributed by atoms with Crippen LogP contribution in [-0.4, -0.2) is 21.1 Å². The van der Waals surface area contributed by atoms with Gasteiger partial charge in [-0.05, 0) is 19.1 Å². The van der Waals surface area contributed by atoms with Crippen molar-refractivity contribution in [2.24, 2.45) is 0 Å². The fourth-order valence-electron chi connectivity index (χ4n) is 1.22. The molecule has 1 amide bonds. The zero-order valence-electron chi connectivity index (χ0n) is 8.47. The minimum atomic E-state index is -0.269. The number of rotatable bonds is 2. The van der Waals surface area contributed by atoms with E-state index in [9.17, 15) is 4.79 Å². The molecule has 0 radical (unpaired) electrons. The maximum Gasteiger partial charge on any atom is 0.257 e. The standard InChI is InChI=1S/C9H9N5OS/c1-5-2-6(3-7(10)12-5)8(15)13-9-14-11-4-16-9/h2-4H,1H3,(H2,10,12)(H,13,14,15). The van der Waals surface area contributed by atoms with Gasteiger partial charge in [0, 0.05) is 11.3 Å². The van der Waals surface area contributed by atoms with Crippen molar-refractivity contribution in [3.05, 3.63) is 28.9 Å². The average Bonchev–Trinajstić information content (AvgIpc) is 2.68. The van der Waals surface area contributed by atoms with E-state index < -0.39 is 0 Å². The number of aryl methyl sites for hydroxylation is 1. The van der Waals surface area contributed by atoms with E-state index in [2.05, 4.69) is 20.5 Å². The summed E-state index contributed by atoms with van der Waals surface area (Å²) >= 11 is 1.25. The summed E-state index contributed by atoms with van der Waals surface area (Å²) in [6.45, 7) is 1.78. The van der Waals surface area contributed by atoms with Gasteiger partial charge in [-0.3, -0.25) is 10.1 Å². The van der Waals surface area contributed by atoms with Crippen LogP contribution in [0.1, 0.15) is 16.1 Å². The first kappa shape index (κ1) is 10.5. The molecule has 2 heterocycles. The summed E-state index contributed by atoms with van der Waals surface area (Å²) in [4.78, 5) is 15.7. The number of nitrogens with two attached hydrogens (primary N) is 1. The van der Waals surface area contributed by atoms with Crippen molar-refractivity contribution in [3.63, 3.8) is 0 Å². The van der Waals surface area contributed by atoms with Crippen molar-refractivity contribution in [1.29, 1.82) is 0 Å². The maximum absolute atomic E-state index is 11.8. The summed E-state index contributed by atoms with van der Waals surface area (Å²) in [6.07, 6.45) is 0. The lowest BCUT2D eigenvalue weighted by Gasteiger charge is -2.03. The number of nitrogens with one attached hydrogen (secondary N) is 1. The molecule has 16 heavy (non-hydrogen) atoms. The van der Waals surface area contributed by atoms with Gasteiger partial charge >= 0.3 is 0 Å². The van der Waals surface area contributed by atoms with Gasteiger partial charge in [-0.15, -0.1) is 10.2 Å². The molecule has 2 rings (SSSR count). The Morgan fingerprint density at radius 1 is 1.50 bits per heavy atom. The maximum atomic E-state index is 11.8. The van der Waals surface area contributed by atoms with E-state index in [0.29, 0.717) is 22.2 Å². The van der Waals surface area contributed by atoms with E-state index in [4.69, 9.17) is 5.73 Å². The van der Waals surface area contributed by atoms with E-state index in [1.54, 1.807) is 18.5 Å². The number of aromatic nitrogens is 3. The lowest BCUT2D eigenvalue weighted by Crippen LogP contribution is -2.13. The van der Waals surface area contributed by atoms with Crippen LogP contribution in [0.2, 0.25) is 0 Å². The Bertz CT molecular complexity index is 490. The molecule has 2 aromatic heterocycles. The van der Waals surface area contributed by atoms with Crippen LogP contribution in [0.15, 0.2) is 17.6 Å². The Balaban J connectivity index is 2.21. The molecule has 0 aliphatic carbocycles. The first-order valence-electron chi connectivity index (χ1n) is 4.47. The Kier molecular flexibility index (Phi) is 2.78. The number of hydrogen-bond acceptors (Lipinski definition) is 6. The van der Waals surface area contributed by atoms with E-state index in [1.807, 2.05) is 0 Å². The van der Waals surface area contributed by atoms with Crippen LogP contribution < -0.4 is 11.1 Å². The highest BCUT2D eigenvalue weighted by atomic mass is 32.1. The molecular weight excluding hydrogens is 226 g/mol. The van der Waals surface area contributed by atoms with Gasteiger partial charge in [0.25, 0.3) is 5.91 Å². The summed E-state index contributed by atoms with van der Waals surface area (Å²) in [5, 5.41) is 10.4. The molecule has 2 aromatic rings. The van der Waals surface area contributed by atoms with E-state index in [0.717, 1.165) is 0 Å². The molecule has 0 aliphatic rings. The molecule has 0 fully saturated rings. The molecule has 3 N–H and O–H groups in total. The Hall–Kier alpha value is -2.02. The number of carbonyl (C=O) groups is 1. The summed E-state index contributed by atoms with van der Waals surface area (Å²) in [5.74, 6) is 0.0522. The smallest absolute Gasteiger partial charge is 0.257 e. The van der Waals surface area contributed by atoms with E-state index in [1.165, 1.54) is 17.4 Å². The van der Waals surface area contributed by atoms with Crippen LogP contribution in [0, 0.1) is 6.92 Å². The number of amides is 1. The van der Waals surface area contributed by atoms with Gasteiger partial charge in [-0.1, -0.05) is 11.3 Å². The third kappa shape index (κ3) is 2.31. The van der Waals surface area contributed by atoms with Gasteiger partial charge < -0.3 is 5.73 Å². The highest BCUT2D eigenvalue weighted by Gasteiger charge is 2.09. The van der Waals surface area contributed by atoms with Gasteiger partial charge in [0.1, 0.15) is 11.3 Å². The predicted molar refractivity (Wildman–Crippen MR) is 61.2 cm³/mol. The van der Waals surface area contributed by atoms with Crippen LogP contribution >= 0.6 is 11.3 Å². The third-order valence-electron chi connectivity index (χ3n) is 1.82. The van der Waals surface area contributed by atoms with E-state index in [-0.39, 0.29) is 5.91 Å². The van der Waals surface area contributed by atoms with Crippen molar-refractivity contribution < 1.29 is 4.79 Å². The van der Waals surface area contributed by atoms with Gasteiger partial charge in [0.15, 0.2) is 0 Å². The first-order valence-corrected chi connectivity index (χ1v) is 5.35. The number of carbonyl (C=O) groups excluding carboxylic acids is 1. The number of nitrogens with zero attached hydrogens (tertiary/aromatic N) is 3. The van der Waals surface area contributed by atoms with Gasteiger partial charge in [-0.2, -0.15) is 0 Å². The number of hydrogen-bond donors (Lipinski definition) is 2. The number of anilines is 2. The molecule has 7 heteroatoms. The lowest BCUT2D eigenvalue weighted by atomic mass is 10.2. The third-order valence-corrected chi connectivity index (χ3v) is 2.42. The number of nitrogen functional groups attached to an aromatic ring is 1. The minimum absolute atomic E-state index is 0.269. The van der Waals surface area contributed by atoms with Crippen molar-refractivity contribution in [2.45, 2.75) is 6.92 Å². The van der Waals surface area contributed by atoms with Crippen molar-refractivity contribution in [1.82, 2.24) is 15.2 Å². The predicted octanol–water partition coefficient (Wildman–Crippen LogP) is 1.08. The molecular formula is C9H9N5OS. The second-order valence-electron chi connectivity index (χ2n) is 3.12. The van der Waals surface area contributed by atoms with Crippen molar-refractivity contribution >= 4 is 28.2 Å². The topological polar surface area (TPSA) is 93.8 Å². The summed E-state index contributed by atoms with van der Waals surface area (Å²) in [6, 6.07) is 3.18. The Morgan fingerprint density at radius 3 is 2.94 bits per heavy atom. The normalized spacial score (nSPS) is 10.1. The van der Waals surface area contributed by atoms with Gasteiger partial charge in [-0.25, -0.2) is 4.98 Å². The Labute approximate surface area is 95.5 Å². The molecule has 0 aromatic carbocycles. The van der Waals surface area contributed by atoms with Gasteiger partial charge in [0.2, 0.25) is 5.13 Å². The molecule has 0 aliphatic heterocycles. The minimum Gasteiger partial charge on any atom is -0.384 e. The molecule has 0 atom stereocenters. The quantitative estimate of drug-likeness (QED) is 0.812. The Morgan fingerprint density at radius 2 is 2.31 bits per heavy atom. The lowest BCUT2D eigenvalue weighted by molar-refractivity contribution is 0.102. The fourth-order valence-corrected chi connectivity index (χ4v) is 1.66. The van der Waals surface area contributed by atoms with Crippen LogP contribution in [0.3, 0.4) is 0 Å². The zero-order chi connectivity index (χ0) is 11.5. The van der Waals surface area contributed by atoms with Crippen LogP contribution in [0.5, 0.6) is 0 Å². The summed E-state index contributed by atoms with van der Waals surface area (Å²) in [7, 11) is 0.